The fourth-order valence-electron chi connectivity index (χ4n) is 1.49. The van der Waals surface area contributed by atoms with Crippen molar-refractivity contribution in [3.63, 3.8) is 0 Å². The molecule has 3 nitrogen and oxygen atoms in total. The van der Waals surface area contributed by atoms with Gasteiger partial charge < -0.3 is 10.1 Å². The molecule has 0 spiro atoms. The van der Waals surface area contributed by atoms with Gasteiger partial charge in [0.25, 0.3) is 0 Å². The number of aromatic nitrogens is 1. The van der Waals surface area contributed by atoms with E-state index in [-0.39, 0.29) is 0 Å². The summed E-state index contributed by atoms with van der Waals surface area (Å²) in [6, 6.07) is 10.1. The van der Waals surface area contributed by atoms with Gasteiger partial charge in [-0.05, 0) is 30.5 Å². The van der Waals surface area contributed by atoms with Crippen LogP contribution in [0.1, 0.15) is 17.5 Å². The Kier molecular flexibility index (Phi) is 4.53. The lowest BCUT2D eigenvalue weighted by Gasteiger charge is -2.05. The molecule has 0 aliphatic rings. The molecule has 2 aromatic heterocycles. The van der Waals surface area contributed by atoms with Crippen LogP contribution in [0.15, 0.2) is 35.7 Å². The van der Waals surface area contributed by atoms with Crippen molar-refractivity contribution in [1.82, 2.24) is 4.98 Å². The molecule has 0 unspecified atom stereocenters. The van der Waals surface area contributed by atoms with Gasteiger partial charge in [-0.15, -0.1) is 11.3 Å². The molecule has 0 fully saturated rings. The topological polar surface area (TPSA) is 34.1 Å². The maximum Gasteiger partial charge on any atom is 0.126 e. The van der Waals surface area contributed by atoms with Crippen LogP contribution in [0.4, 0.5) is 5.82 Å². The first-order valence-corrected chi connectivity index (χ1v) is 6.56. The van der Waals surface area contributed by atoms with E-state index in [1.165, 1.54) is 4.88 Å². The third-order valence-electron chi connectivity index (χ3n) is 2.24. The second-order valence-corrected chi connectivity index (χ2v) is 4.65. The number of ether oxygens (including phenoxy) is 1. The van der Waals surface area contributed by atoms with Crippen molar-refractivity contribution in [1.29, 1.82) is 0 Å². The van der Waals surface area contributed by atoms with Crippen molar-refractivity contribution in [3.8, 4) is 0 Å². The minimum atomic E-state index is 0.553. The summed E-state index contributed by atoms with van der Waals surface area (Å²) in [5.41, 5.74) is 0.958. The molecule has 4 heteroatoms. The maximum absolute atomic E-state index is 5.62. The Morgan fingerprint density at radius 2 is 2.18 bits per heavy atom. The number of anilines is 1. The predicted octanol–water partition coefficient (Wildman–Crippen LogP) is 3.29. The number of nitrogens with zero attached hydrogens (tertiary/aromatic N) is 1. The highest BCUT2D eigenvalue weighted by Gasteiger charge is 1.98. The molecule has 90 valence electrons. The molecular formula is C13H16N2OS. The lowest BCUT2D eigenvalue weighted by atomic mass is 10.3. The summed E-state index contributed by atoms with van der Waals surface area (Å²) in [6.07, 6.45) is 0. The van der Waals surface area contributed by atoms with E-state index in [1.54, 1.807) is 11.3 Å². The van der Waals surface area contributed by atoms with Gasteiger partial charge in [-0.25, -0.2) is 4.98 Å². The van der Waals surface area contributed by atoms with E-state index in [0.29, 0.717) is 13.2 Å². The Bertz CT molecular complexity index is 442. The molecule has 2 aromatic rings. The molecule has 2 heterocycles. The summed E-state index contributed by atoms with van der Waals surface area (Å²) in [6.45, 7) is 4.15. The summed E-state index contributed by atoms with van der Waals surface area (Å²) in [7, 11) is 0. The van der Waals surface area contributed by atoms with E-state index in [2.05, 4.69) is 28.7 Å². The minimum absolute atomic E-state index is 0.553. The average Bonchev–Trinajstić information content (AvgIpc) is 2.83. The van der Waals surface area contributed by atoms with Gasteiger partial charge in [0.1, 0.15) is 5.82 Å². The second kappa shape index (κ2) is 6.37. The Morgan fingerprint density at radius 3 is 2.94 bits per heavy atom. The molecule has 1 N–H and O–H groups in total. The molecule has 2 rings (SSSR count). The fraction of sp³-hybridized carbons (Fsp3) is 0.308. The zero-order valence-corrected chi connectivity index (χ0v) is 10.7. The highest BCUT2D eigenvalue weighted by molar-refractivity contribution is 7.09. The number of rotatable bonds is 6. The van der Waals surface area contributed by atoms with Crippen molar-refractivity contribution in [3.05, 3.63) is 46.3 Å². The van der Waals surface area contributed by atoms with Crippen LogP contribution in [0.3, 0.4) is 0 Å². The lowest BCUT2D eigenvalue weighted by molar-refractivity contribution is 0.107. The van der Waals surface area contributed by atoms with E-state index in [0.717, 1.165) is 18.1 Å². The standard InChI is InChI=1S/C13H16N2OS/c1-2-14-13-7-3-5-11(15-13)9-16-10-12-6-4-8-17-12/h3-8H,2,9-10H2,1H3,(H,14,15). The van der Waals surface area contributed by atoms with E-state index < -0.39 is 0 Å². The summed E-state index contributed by atoms with van der Waals surface area (Å²) in [5.74, 6) is 0.907. The number of hydrogen-bond donors (Lipinski definition) is 1. The molecule has 0 saturated carbocycles. The van der Waals surface area contributed by atoms with Crippen LogP contribution >= 0.6 is 11.3 Å². The van der Waals surface area contributed by atoms with Gasteiger partial charge in [0.05, 0.1) is 18.9 Å². The zero-order chi connectivity index (χ0) is 11.9. The molecule has 17 heavy (non-hydrogen) atoms. The molecule has 0 aliphatic heterocycles. The minimum Gasteiger partial charge on any atom is -0.370 e. The van der Waals surface area contributed by atoms with Crippen LogP contribution in [0.5, 0.6) is 0 Å². The van der Waals surface area contributed by atoms with E-state index in [1.807, 2.05) is 24.3 Å². The van der Waals surface area contributed by atoms with Crippen LogP contribution in [0.25, 0.3) is 0 Å². The molecule has 0 radical (unpaired) electrons. The van der Waals surface area contributed by atoms with E-state index >= 15 is 0 Å². The Hall–Kier alpha value is -1.39. The van der Waals surface area contributed by atoms with E-state index in [9.17, 15) is 0 Å². The van der Waals surface area contributed by atoms with Crippen molar-refractivity contribution < 1.29 is 4.74 Å². The summed E-state index contributed by atoms with van der Waals surface area (Å²) in [4.78, 5) is 5.69. The van der Waals surface area contributed by atoms with E-state index in [4.69, 9.17) is 4.74 Å². The first-order valence-electron chi connectivity index (χ1n) is 5.68. The molecule has 0 aliphatic carbocycles. The monoisotopic (exact) mass is 248 g/mol. The van der Waals surface area contributed by atoms with Crippen LogP contribution < -0.4 is 5.32 Å². The van der Waals surface area contributed by atoms with Gasteiger partial charge in [0.2, 0.25) is 0 Å². The normalized spacial score (nSPS) is 10.4. The van der Waals surface area contributed by atoms with Crippen LogP contribution in [-0.2, 0) is 18.0 Å². The Balaban J connectivity index is 1.84. The molecule has 0 amide bonds. The first-order chi connectivity index (χ1) is 8.38. The molecule has 0 atom stereocenters. The van der Waals surface area contributed by atoms with Crippen molar-refractivity contribution >= 4 is 17.2 Å². The lowest BCUT2D eigenvalue weighted by Crippen LogP contribution is -2.02. The van der Waals surface area contributed by atoms with Gasteiger partial charge in [-0.1, -0.05) is 12.1 Å². The average molecular weight is 248 g/mol. The first kappa shape index (κ1) is 12.1. The van der Waals surface area contributed by atoms with Gasteiger partial charge in [-0.2, -0.15) is 0 Å². The van der Waals surface area contributed by atoms with Gasteiger partial charge in [0.15, 0.2) is 0 Å². The summed E-state index contributed by atoms with van der Waals surface area (Å²) < 4.78 is 5.62. The zero-order valence-electron chi connectivity index (χ0n) is 9.85. The van der Waals surface area contributed by atoms with Crippen molar-refractivity contribution in [2.45, 2.75) is 20.1 Å². The molecule has 0 saturated heterocycles. The smallest absolute Gasteiger partial charge is 0.126 e. The Morgan fingerprint density at radius 1 is 1.24 bits per heavy atom. The number of pyridine rings is 1. The number of nitrogens with one attached hydrogen (secondary N) is 1. The third-order valence-corrected chi connectivity index (χ3v) is 3.09. The largest absolute Gasteiger partial charge is 0.370 e. The molecular weight excluding hydrogens is 232 g/mol. The van der Waals surface area contributed by atoms with Gasteiger partial charge >= 0.3 is 0 Å². The Labute approximate surface area is 105 Å². The SMILES string of the molecule is CCNc1cccc(COCc2cccs2)n1. The predicted molar refractivity (Wildman–Crippen MR) is 71.2 cm³/mol. The maximum atomic E-state index is 5.62. The summed E-state index contributed by atoms with van der Waals surface area (Å²) in [5, 5.41) is 5.25. The molecule has 0 aromatic carbocycles. The van der Waals surface area contributed by atoms with Crippen LogP contribution in [0.2, 0.25) is 0 Å². The van der Waals surface area contributed by atoms with Crippen LogP contribution in [0, 0.1) is 0 Å². The quantitative estimate of drug-likeness (QED) is 0.851. The number of thiophene rings is 1. The van der Waals surface area contributed by atoms with Crippen molar-refractivity contribution in [2.75, 3.05) is 11.9 Å². The highest BCUT2D eigenvalue weighted by atomic mass is 32.1. The van der Waals surface area contributed by atoms with Crippen molar-refractivity contribution in [2.24, 2.45) is 0 Å². The van der Waals surface area contributed by atoms with Crippen LogP contribution in [-0.4, -0.2) is 11.5 Å². The highest BCUT2D eigenvalue weighted by Crippen LogP contribution is 2.11. The third kappa shape index (κ3) is 3.84. The fourth-order valence-corrected chi connectivity index (χ4v) is 2.13. The molecule has 0 bridgehead atoms. The van der Waals surface area contributed by atoms with Gasteiger partial charge in [0, 0.05) is 11.4 Å². The second-order valence-electron chi connectivity index (χ2n) is 3.62. The number of hydrogen-bond acceptors (Lipinski definition) is 4. The summed E-state index contributed by atoms with van der Waals surface area (Å²) >= 11 is 1.71. The van der Waals surface area contributed by atoms with Gasteiger partial charge in [-0.3, -0.25) is 0 Å².